The molecule has 0 heterocycles. The van der Waals surface area contributed by atoms with Crippen LogP contribution in [0.4, 0.5) is 15.8 Å². The predicted molar refractivity (Wildman–Crippen MR) is 75.6 cm³/mol. The molecule has 0 radical (unpaired) electrons. The van der Waals surface area contributed by atoms with E-state index in [0.29, 0.717) is 11.3 Å². The van der Waals surface area contributed by atoms with Crippen LogP contribution in [-0.2, 0) is 0 Å². The van der Waals surface area contributed by atoms with Crippen LogP contribution in [0.25, 0.3) is 0 Å². The molecule has 2 aromatic carbocycles. The number of aryl methyl sites for hydroxylation is 1. The number of ketones is 1. The zero-order chi connectivity index (χ0) is 14.0. The van der Waals surface area contributed by atoms with E-state index < -0.39 is 5.82 Å². The smallest absolute Gasteiger partial charge is 0.159 e. The van der Waals surface area contributed by atoms with Crippen molar-refractivity contribution in [2.24, 2.45) is 0 Å². The molecule has 0 aromatic heterocycles. The average molecular weight is 257 g/mol. The lowest BCUT2D eigenvalue weighted by Gasteiger charge is -2.22. The van der Waals surface area contributed by atoms with Crippen LogP contribution in [0.5, 0.6) is 0 Å². The van der Waals surface area contributed by atoms with Crippen LogP contribution >= 0.6 is 0 Å². The fourth-order valence-electron chi connectivity index (χ4n) is 2.07. The van der Waals surface area contributed by atoms with Crippen molar-refractivity contribution in [2.45, 2.75) is 13.8 Å². The lowest BCUT2D eigenvalue weighted by molar-refractivity contribution is 0.101. The van der Waals surface area contributed by atoms with Gasteiger partial charge in [-0.3, -0.25) is 4.79 Å². The highest BCUT2D eigenvalue weighted by Gasteiger charge is 2.12. The molecule has 0 atom stereocenters. The molecule has 19 heavy (non-hydrogen) atoms. The van der Waals surface area contributed by atoms with Gasteiger partial charge in [0.05, 0.1) is 5.69 Å². The Bertz CT molecular complexity index is 622. The number of benzene rings is 2. The quantitative estimate of drug-likeness (QED) is 0.771. The Labute approximate surface area is 112 Å². The molecule has 2 aromatic rings. The number of carbonyl (C=O) groups excluding carboxylic acids is 1. The SMILES string of the molecule is CC(=O)c1ccc(N(C)c2ccccc2C)c(F)c1. The molecular weight excluding hydrogens is 241 g/mol. The van der Waals surface area contributed by atoms with Gasteiger partial charge >= 0.3 is 0 Å². The van der Waals surface area contributed by atoms with Gasteiger partial charge in [0.1, 0.15) is 5.82 Å². The molecule has 0 N–H and O–H groups in total. The van der Waals surface area contributed by atoms with Crippen LogP contribution in [0.3, 0.4) is 0 Å². The van der Waals surface area contributed by atoms with Crippen LogP contribution < -0.4 is 4.90 Å². The van der Waals surface area contributed by atoms with E-state index in [2.05, 4.69) is 0 Å². The predicted octanol–water partition coefficient (Wildman–Crippen LogP) is 4.10. The van der Waals surface area contributed by atoms with E-state index in [9.17, 15) is 9.18 Å². The Hall–Kier alpha value is -2.16. The Morgan fingerprint density at radius 2 is 1.79 bits per heavy atom. The van der Waals surface area contributed by atoms with Crippen molar-refractivity contribution < 1.29 is 9.18 Å². The average Bonchev–Trinajstić information content (AvgIpc) is 2.38. The van der Waals surface area contributed by atoms with Gasteiger partial charge in [0.25, 0.3) is 0 Å². The third kappa shape index (κ3) is 2.65. The van der Waals surface area contributed by atoms with E-state index in [4.69, 9.17) is 0 Å². The molecule has 0 saturated heterocycles. The summed E-state index contributed by atoms with van der Waals surface area (Å²) in [7, 11) is 1.81. The summed E-state index contributed by atoms with van der Waals surface area (Å²) in [5.74, 6) is -0.526. The summed E-state index contributed by atoms with van der Waals surface area (Å²) in [6, 6.07) is 12.4. The van der Waals surface area contributed by atoms with E-state index >= 15 is 0 Å². The zero-order valence-electron chi connectivity index (χ0n) is 11.3. The Balaban J connectivity index is 2.42. The summed E-state index contributed by atoms with van der Waals surface area (Å²) in [4.78, 5) is 13.0. The van der Waals surface area contributed by atoms with Crippen LogP contribution in [0, 0.1) is 12.7 Å². The van der Waals surface area contributed by atoms with E-state index in [-0.39, 0.29) is 5.78 Å². The number of hydrogen-bond donors (Lipinski definition) is 0. The zero-order valence-corrected chi connectivity index (χ0v) is 11.3. The van der Waals surface area contributed by atoms with Crippen LogP contribution in [0.1, 0.15) is 22.8 Å². The van der Waals surface area contributed by atoms with Crippen molar-refractivity contribution in [3.63, 3.8) is 0 Å². The summed E-state index contributed by atoms with van der Waals surface area (Å²) in [5.41, 5.74) is 2.86. The number of hydrogen-bond acceptors (Lipinski definition) is 2. The third-order valence-corrected chi connectivity index (χ3v) is 3.19. The maximum absolute atomic E-state index is 14.1. The van der Waals surface area contributed by atoms with Gasteiger partial charge in [-0.05, 0) is 43.7 Å². The number of rotatable bonds is 3. The van der Waals surface area contributed by atoms with Crippen LogP contribution in [-0.4, -0.2) is 12.8 Å². The second-order valence-corrected chi connectivity index (χ2v) is 4.57. The van der Waals surface area contributed by atoms with Gasteiger partial charge in [-0.15, -0.1) is 0 Å². The number of Topliss-reactive ketones (excluding diaryl/α,β-unsaturated/α-hetero) is 1. The molecule has 0 aliphatic rings. The van der Waals surface area contributed by atoms with Crippen molar-refractivity contribution in [1.29, 1.82) is 0 Å². The number of carbonyl (C=O) groups is 1. The molecule has 2 nitrogen and oxygen atoms in total. The largest absolute Gasteiger partial charge is 0.342 e. The summed E-state index contributed by atoms with van der Waals surface area (Å²) in [6.45, 7) is 3.41. The highest BCUT2D eigenvalue weighted by atomic mass is 19.1. The van der Waals surface area contributed by atoms with Gasteiger partial charge in [-0.2, -0.15) is 0 Å². The molecular formula is C16H16FNO. The van der Waals surface area contributed by atoms with Crippen molar-refractivity contribution in [2.75, 3.05) is 11.9 Å². The Morgan fingerprint density at radius 1 is 1.11 bits per heavy atom. The number of anilines is 2. The molecule has 0 aliphatic carbocycles. The molecule has 98 valence electrons. The second-order valence-electron chi connectivity index (χ2n) is 4.57. The van der Waals surface area contributed by atoms with E-state index in [0.717, 1.165) is 11.3 Å². The summed E-state index contributed by atoms with van der Waals surface area (Å²) >= 11 is 0. The minimum atomic E-state index is -0.390. The summed E-state index contributed by atoms with van der Waals surface area (Å²) < 4.78 is 14.1. The molecule has 0 saturated carbocycles. The first-order valence-electron chi connectivity index (χ1n) is 6.10. The normalized spacial score (nSPS) is 10.3. The van der Waals surface area contributed by atoms with Crippen LogP contribution in [0.15, 0.2) is 42.5 Å². The van der Waals surface area contributed by atoms with Gasteiger partial charge in [-0.25, -0.2) is 4.39 Å². The summed E-state index contributed by atoms with van der Waals surface area (Å²) in [6.07, 6.45) is 0. The lowest BCUT2D eigenvalue weighted by atomic mass is 10.1. The molecule has 3 heteroatoms. The fraction of sp³-hybridized carbons (Fsp3) is 0.188. The summed E-state index contributed by atoms with van der Waals surface area (Å²) in [5, 5.41) is 0. The molecule has 0 fully saturated rings. The van der Waals surface area contributed by atoms with Crippen molar-refractivity contribution >= 4 is 17.2 Å². The first-order chi connectivity index (χ1) is 9.00. The minimum Gasteiger partial charge on any atom is -0.342 e. The van der Waals surface area contributed by atoms with Gasteiger partial charge < -0.3 is 4.90 Å². The first-order valence-corrected chi connectivity index (χ1v) is 6.10. The van der Waals surface area contributed by atoms with E-state index in [1.807, 2.05) is 38.2 Å². The molecule has 2 rings (SSSR count). The number of halogens is 1. The maximum atomic E-state index is 14.1. The number of para-hydroxylation sites is 1. The van der Waals surface area contributed by atoms with Crippen LogP contribution in [0.2, 0.25) is 0 Å². The Kier molecular flexibility index (Phi) is 3.65. The minimum absolute atomic E-state index is 0.135. The van der Waals surface area contributed by atoms with Gasteiger partial charge in [0.2, 0.25) is 0 Å². The fourth-order valence-corrected chi connectivity index (χ4v) is 2.07. The van der Waals surface area contributed by atoms with Gasteiger partial charge in [-0.1, -0.05) is 18.2 Å². The monoisotopic (exact) mass is 257 g/mol. The number of nitrogens with zero attached hydrogens (tertiary/aromatic N) is 1. The lowest BCUT2D eigenvalue weighted by Crippen LogP contribution is -2.13. The molecule has 0 aliphatic heterocycles. The molecule has 0 spiro atoms. The van der Waals surface area contributed by atoms with Gasteiger partial charge in [0.15, 0.2) is 5.78 Å². The highest BCUT2D eigenvalue weighted by Crippen LogP contribution is 2.29. The second kappa shape index (κ2) is 5.22. The molecule has 0 bridgehead atoms. The Morgan fingerprint density at radius 3 is 2.37 bits per heavy atom. The van der Waals surface area contributed by atoms with Crippen molar-refractivity contribution in [3.05, 3.63) is 59.4 Å². The van der Waals surface area contributed by atoms with E-state index in [1.54, 1.807) is 17.0 Å². The molecule has 0 amide bonds. The first kappa shape index (κ1) is 13.3. The van der Waals surface area contributed by atoms with E-state index in [1.165, 1.54) is 13.0 Å². The van der Waals surface area contributed by atoms with Gasteiger partial charge in [0, 0.05) is 18.3 Å². The maximum Gasteiger partial charge on any atom is 0.159 e. The van der Waals surface area contributed by atoms with Crippen molar-refractivity contribution in [3.8, 4) is 0 Å². The van der Waals surface area contributed by atoms with Crippen molar-refractivity contribution in [1.82, 2.24) is 0 Å². The standard InChI is InChI=1S/C16H16FNO/c1-11-6-4-5-7-15(11)18(3)16-9-8-13(12(2)19)10-14(16)17/h4-10H,1-3H3. The highest BCUT2D eigenvalue weighted by molar-refractivity contribution is 5.94. The molecule has 0 unspecified atom stereocenters. The third-order valence-electron chi connectivity index (χ3n) is 3.19. The topological polar surface area (TPSA) is 20.3 Å².